The molecular formula is C21H18BrN3O2S. The highest BCUT2D eigenvalue weighted by molar-refractivity contribution is 9.10. The van der Waals surface area contributed by atoms with Crippen molar-refractivity contribution in [1.29, 1.82) is 5.26 Å². The molecule has 0 radical (unpaired) electrons. The van der Waals surface area contributed by atoms with Gasteiger partial charge in [-0.25, -0.2) is 4.98 Å². The summed E-state index contributed by atoms with van der Waals surface area (Å²) < 4.78 is 11.6. The summed E-state index contributed by atoms with van der Waals surface area (Å²) >= 11 is 4.94. The van der Waals surface area contributed by atoms with Gasteiger partial charge in [-0.1, -0.05) is 6.07 Å². The number of hydrogen-bond acceptors (Lipinski definition) is 6. The zero-order valence-electron chi connectivity index (χ0n) is 15.6. The van der Waals surface area contributed by atoms with E-state index in [1.165, 1.54) is 11.3 Å². The van der Waals surface area contributed by atoms with Crippen LogP contribution in [0.4, 0.5) is 5.69 Å². The van der Waals surface area contributed by atoms with Crippen molar-refractivity contribution in [1.82, 2.24) is 4.98 Å². The molecule has 142 valence electrons. The maximum Gasteiger partial charge on any atom is 0.161 e. The summed E-state index contributed by atoms with van der Waals surface area (Å²) in [4.78, 5) is 4.61. The molecule has 5 nitrogen and oxygen atoms in total. The number of allylic oxidation sites excluding steroid dienone is 1. The Hall–Kier alpha value is -2.82. The van der Waals surface area contributed by atoms with E-state index in [0.29, 0.717) is 22.1 Å². The number of benzene rings is 2. The average Bonchev–Trinajstić information content (AvgIpc) is 3.19. The molecule has 0 saturated heterocycles. The Morgan fingerprint density at radius 3 is 2.64 bits per heavy atom. The molecule has 0 fully saturated rings. The van der Waals surface area contributed by atoms with Crippen molar-refractivity contribution in [3.05, 3.63) is 63.0 Å². The minimum absolute atomic E-state index is 0.462. The number of halogens is 1. The van der Waals surface area contributed by atoms with Crippen molar-refractivity contribution >= 4 is 38.5 Å². The molecule has 1 N–H and O–H groups in total. The highest BCUT2D eigenvalue weighted by Gasteiger charge is 2.12. The Morgan fingerprint density at radius 1 is 1.18 bits per heavy atom. The van der Waals surface area contributed by atoms with E-state index < -0.39 is 0 Å². The maximum absolute atomic E-state index is 9.56. The molecule has 28 heavy (non-hydrogen) atoms. The Bertz CT molecular complexity index is 1070. The summed E-state index contributed by atoms with van der Waals surface area (Å²) in [6.07, 6.45) is 1.67. The molecule has 0 aliphatic rings. The predicted molar refractivity (Wildman–Crippen MR) is 117 cm³/mol. The minimum atomic E-state index is 0.462. The van der Waals surface area contributed by atoms with Gasteiger partial charge in [-0.3, -0.25) is 0 Å². The van der Waals surface area contributed by atoms with Crippen LogP contribution in [0.2, 0.25) is 0 Å². The van der Waals surface area contributed by atoms with Gasteiger partial charge in [0.1, 0.15) is 16.6 Å². The van der Waals surface area contributed by atoms with Gasteiger partial charge < -0.3 is 14.8 Å². The van der Waals surface area contributed by atoms with Crippen LogP contribution in [0.5, 0.6) is 11.5 Å². The Morgan fingerprint density at radius 2 is 1.96 bits per heavy atom. The fourth-order valence-corrected chi connectivity index (χ4v) is 3.96. The van der Waals surface area contributed by atoms with E-state index in [9.17, 15) is 5.26 Å². The minimum Gasteiger partial charge on any atom is -0.493 e. The van der Waals surface area contributed by atoms with Crippen LogP contribution in [-0.2, 0) is 0 Å². The van der Waals surface area contributed by atoms with E-state index in [1.807, 2.05) is 48.7 Å². The molecule has 1 aromatic heterocycles. The third-order valence-electron chi connectivity index (χ3n) is 4.03. The van der Waals surface area contributed by atoms with Crippen LogP contribution in [0, 0.1) is 18.3 Å². The molecule has 7 heteroatoms. The molecule has 0 bridgehead atoms. The number of nitrogens with zero attached hydrogens (tertiary/aromatic N) is 2. The number of aryl methyl sites for hydroxylation is 1. The number of anilines is 1. The van der Waals surface area contributed by atoms with Gasteiger partial charge in [-0.15, -0.1) is 11.3 Å². The maximum atomic E-state index is 9.56. The second-order valence-electron chi connectivity index (χ2n) is 5.91. The van der Waals surface area contributed by atoms with Crippen LogP contribution < -0.4 is 14.8 Å². The summed E-state index contributed by atoms with van der Waals surface area (Å²) in [5.41, 5.74) is 4.17. The Labute approximate surface area is 176 Å². The number of ether oxygens (including phenoxy) is 2. The molecule has 0 atom stereocenters. The average molecular weight is 456 g/mol. The molecule has 3 rings (SSSR count). The van der Waals surface area contributed by atoms with E-state index in [0.717, 1.165) is 27.0 Å². The largest absolute Gasteiger partial charge is 0.493 e. The van der Waals surface area contributed by atoms with Crippen LogP contribution in [0.1, 0.15) is 10.6 Å². The smallest absolute Gasteiger partial charge is 0.161 e. The molecule has 3 aromatic rings. The van der Waals surface area contributed by atoms with Crippen LogP contribution in [-0.4, -0.2) is 19.2 Å². The van der Waals surface area contributed by atoms with E-state index in [-0.39, 0.29) is 0 Å². The lowest BCUT2D eigenvalue weighted by molar-refractivity contribution is 0.355. The first-order valence-electron chi connectivity index (χ1n) is 8.37. The number of thiazole rings is 1. The lowest BCUT2D eigenvalue weighted by Gasteiger charge is -2.08. The third-order valence-corrected chi connectivity index (χ3v) is 5.56. The molecule has 0 aliphatic carbocycles. The van der Waals surface area contributed by atoms with Crippen molar-refractivity contribution in [2.75, 3.05) is 19.5 Å². The summed E-state index contributed by atoms with van der Waals surface area (Å²) in [7, 11) is 3.20. The molecule has 0 saturated carbocycles. The van der Waals surface area contributed by atoms with E-state index in [2.05, 4.69) is 32.3 Å². The van der Waals surface area contributed by atoms with Crippen molar-refractivity contribution in [3.63, 3.8) is 0 Å². The number of nitriles is 1. The molecule has 0 amide bonds. The highest BCUT2D eigenvalue weighted by atomic mass is 79.9. The number of hydrogen-bond donors (Lipinski definition) is 1. The first-order chi connectivity index (χ1) is 13.5. The quantitative estimate of drug-likeness (QED) is 0.470. The predicted octanol–water partition coefficient (Wildman–Crippen LogP) is 5.87. The van der Waals surface area contributed by atoms with E-state index in [1.54, 1.807) is 20.4 Å². The van der Waals surface area contributed by atoms with Gasteiger partial charge in [0.2, 0.25) is 0 Å². The fraction of sp³-hybridized carbons (Fsp3) is 0.143. The third kappa shape index (κ3) is 4.35. The zero-order chi connectivity index (χ0) is 20.1. The van der Waals surface area contributed by atoms with Crippen LogP contribution >= 0.6 is 27.3 Å². The second-order valence-corrected chi connectivity index (χ2v) is 7.62. The summed E-state index contributed by atoms with van der Waals surface area (Å²) in [5, 5.41) is 15.3. The van der Waals surface area contributed by atoms with Gasteiger partial charge >= 0.3 is 0 Å². The first kappa shape index (κ1) is 19.9. The second kappa shape index (κ2) is 8.91. The summed E-state index contributed by atoms with van der Waals surface area (Å²) in [6.45, 7) is 2.02. The first-order valence-corrected chi connectivity index (χ1v) is 10.0. The van der Waals surface area contributed by atoms with Crippen molar-refractivity contribution in [2.45, 2.75) is 6.92 Å². The highest BCUT2D eigenvalue weighted by Crippen LogP contribution is 2.33. The van der Waals surface area contributed by atoms with Crippen LogP contribution in [0.15, 0.2) is 52.5 Å². The standard InChI is InChI=1S/C21H18BrN3O2S/c1-13-4-6-17(16(22)8-13)24-11-15(10-23)21-25-18(12-28-21)14-5-7-19(26-2)20(9-14)27-3/h4-9,11-12,24H,1-3H3/b15-11+. The number of rotatable bonds is 6. The topological polar surface area (TPSA) is 67.2 Å². The van der Waals surface area contributed by atoms with Gasteiger partial charge in [0.15, 0.2) is 11.5 Å². The van der Waals surface area contributed by atoms with E-state index in [4.69, 9.17) is 9.47 Å². The van der Waals surface area contributed by atoms with Gasteiger partial charge in [0, 0.05) is 21.6 Å². The monoisotopic (exact) mass is 455 g/mol. The normalized spacial score (nSPS) is 11.0. The van der Waals surface area contributed by atoms with Gasteiger partial charge in [-0.2, -0.15) is 5.26 Å². The van der Waals surface area contributed by atoms with Gasteiger partial charge in [-0.05, 0) is 58.7 Å². The van der Waals surface area contributed by atoms with Crippen LogP contribution in [0.3, 0.4) is 0 Å². The summed E-state index contributed by atoms with van der Waals surface area (Å²) in [6, 6.07) is 13.8. The lowest BCUT2D eigenvalue weighted by Crippen LogP contribution is -1.93. The zero-order valence-corrected chi connectivity index (χ0v) is 18.0. The van der Waals surface area contributed by atoms with Gasteiger partial charge in [0.05, 0.1) is 25.6 Å². The molecule has 0 unspecified atom stereocenters. The Kier molecular flexibility index (Phi) is 6.34. The molecule has 2 aromatic carbocycles. The molecule has 1 heterocycles. The lowest BCUT2D eigenvalue weighted by atomic mass is 10.1. The van der Waals surface area contributed by atoms with E-state index >= 15 is 0 Å². The molecule has 0 spiro atoms. The van der Waals surface area contributed by atoms with Crippen LogP contribution in [0.25, 0.3) is 16.8 Å². The number of methoxy groups -OCH3 is 2. The number of nitrogens with one attached hydrogen (secondary N) is 1. The van der Waals surface area contributed by atoms with Gasteiger partial charge in [0.25, 0.3) is 0 Å². The number of aromatic nitrogens is 1. The summed E-state index contributed by atoms with van der Waals surface area (Å²) in [5.74, 6) is 1.30. The van der Waals surface area contributed by atoms with Crippen molar-refractivity contribution in [2.24, 2.45) is 0 Å². The van der Waals surface area contributed by atoms with Crippen molar-refractivity contribution < 1.29 is 9.47 Å². The fourth-order valence-electron chi connectivity index (χ4n) is 2.55. The Balaban J connectivity index is 1.86. The SMILES string of the molecule is COc1ccc(-c2csc(/C(C#N)=C/Nc3ccc(C)cc3Br)n2)cc1OC. The van der Waals surface area contributed by atoms with Crippen molar-refractivity contribution in [3.8, 4) is 28.8 Å². The molecule has 0 aliphatic heterocycles. The molecular weight excluding hydrogens is 438 g/mol.